The van der Waals surface area contributed by atoms with E-state index in [2.05, 4.69) is 0 Å². The third-order valence-corrected chi connectivity index (χ3v) is 6.68. The fraction of sp³-hybridized carbons (Fsp3) is 0.259. The van der Waals surface area contributed by atoms with Gasteiger partial charge in [0.1, 0.15) is 11.2 Å². The van der Waals surface area contributed by atoms with Crippen molar-refractivity contribution in [3.8, 4) is 5.75 Å². The lowest BCUT2D eigenvalue weighted by molar-refractivity contribution is -0.134. The van der Waals surface area contributed by atoms with E-state index in [-0.39, 0.29) is 12.5 Å². The van der Waals surface area contributed by atoms with Crippen LogP contribution in [-0.4, -0.2) is 41.0 Å². The van der Waals surface area contributed by atoms with Crippen LogP contribution in [0.2, 0.25) is 0 Å². The Morgan fingerprint density at radius 3 is 2.34 bits per heavy atom. The summed E-state index contributed by atoms with van der Waals surface area (Å²) in [5.41, 5.74) is 2.02. The quantitative estimate of drug-likeness (QED) is 0.674. The van der Waals surface area contributed by atoms with E-state index in [9.17, 15) is 9.90 Å². The van der Waals surface area contributed by atoms with Crippen molar-refractivity contribution in [3.63, 3.8) is 0 Å². The van der Waals surface area contributed by atoms with Gasteiger partial charge in [0.2, 0.25) is 5.91 Å². The second-order valence-corrected chi connectivity index (χ2v) is 8.70. The van der Waals surface area contributed by atoms with Crippen molar-refractivity contribution < 1.29 is 14.6 Å². The molecule has 1 saturated heterocycles. The summed E-state index contributed by atoms with van der Waals surface area (Å²) in [6, 6.07) is 25.3. The van der Waals surface area contributed by atoms with E-state index in [0.717, 1.165) is 33.7 Å². The van der Waals surface area contributed by atoms with Crippen LogP contribution >= 0.6 is 0 Å². The molecular weight excluding hydrogens is 400 g/mol. The van der Waals surface area contributed by atoms with Crippen LogP contribution in [0.3, 0.4) is 0 Å². The fourth-order valence-corrected chi connectivity index (χ4v) is 4.95. The average molecular weight is 427 g/mol. The van der Waals surface area contributed by atoms with Gasteiger partial charge in [-0.1, -0.05) is 72.3 Å². The topological polar surface area (TPSA) is 62.1 Å². The Morgan fingerprint density at radius 1 is 1.00 bits per heavy atom. The van der Waals surface area contributed by atoms with Gasteiger partial charge in [-0.05, 0) is 35.7 Å². The molecule has 0 aromatic heterocycles. The van der Waals surface area contributed by atoms with Crippen LogP contribution in [0.15, 0.2) is 83.9 Å². The zero-order valence-electron chi connectivity index (χ0n) is 18.3. The first-order chi connectivity index (χ1) is 15.4. The monoisotopic (exact) mass is 426 g/mol. The van der Waals surface area contributed by atoms with Gasteiger partial charge < -0.3 is 14.7 Å². The summed E-state index contributed by atoms with van der Waals surface area (Å²) in [5, 5.41) is 11.9. The lowest BCUT2D eigenvalue weighted by Gasteiger charge is -2.31. The molecule has 5 nitrogen and oxygen atoms in total. The van der Waals surface area contributed by atoms with Gasteiger partial charge in [-0.3, -0.25) is 9.79 Å². The minimum absolute atomic E-state index is 0.0899. The second kappa shape index (κ2) is 7.61. The second-order valence-electron chi connectivity index (χ2n) is 8.70. The molecule has 3 aromatic carbocycles. The molecule has 0 radical (unpaired) electrons. The smallest absolute Gasteiger partial charge is 0.239 e. The van der Waals surface area contributed by atoms with Crippen LogP contribution in [0.5, 0.6) is 5.75 Å². The largest absolute Gasteiger partial charge is 0.497 e. The van der Waals surface area contributed by atoms with Crippen LogP contribution in [0, 0.1) is 6.92 Å². The van der Waals surface area contributed by atoms with Gasteiger partial charge in [0.05, 0.1) is 13.7 Å². The van der Waals surface area contributed by atoms with Crippen molar-refractivity contribution in [2.45, 2.75) is 31.0 Å². The van der Waals surface area contributed by atoms with Crippen molar-refractivity contribution in [2.75, 3.05) is 13.7 Å². The van der Waals surface area contributed by atoms with E-state index in [0.29, 0.717) is 13.0 Å². The number of carbonyl (C=O) groups is 1. The molecular formula is C27H26N2O3. The number of hydrogen-bond acceptors (Lipinski definition) is 4. The molecule has 32 heavy (non-hydrogen) atoms. The van der Waals surface area contributed by atoms with Crippen molar-refractivity contribution >= 4 is 11.6 Å². The zero-order valence-corrected chi connectivity index (χ0v) is 18.3. The van der Waals surface area contributed by atoms with E-state index < -0.39 is 11.1 Å². The van der Waals surface area contributed by atoms with Crippen LogP contribution in [0.4, 0.5) is 0 Å². The van der Waals surface area contributed by atoms with Crippen molar-refractivity contribution in [3.05, 3.63) is 101 Å². The minimum Gasteiger partial charge on any atom is -0.497 e. The number of β-amino-alcohol motifs (C(OH)–C–C–N with tert-alkyl or cyclic N) is 1. The fourth-order valence-electron chi connectivity index (χ4n) is 4.95. The first-order valence-corrected chi connectivity index (χ1v) is 10.8. The molecule has 2 aliphatic rings. The number of rotatable bonds is 5. The number of hydrogen-bond donors (Lipinski definition) is 1. The van der Waals surface area contributed by atoms with E-state index in [1.807, 2.05) is 85.8 Å². The summed E-state index contributed by atoms with van der Waals surface area (Å²) in [5.74, 6) is 0.679. The molecule has 162 valence electrons. The Hall–Kier alpha value is -3.44. The molecule has 0 spiro atoms. The Bertz CT molecular complexity index is 1170. The maximum atomic E-state index is 13.9. The molecule has 5 heteroatoms. The first kappa shape index (κ1) is 20.5. The van der Waals surface area contributed by atoms with Crippen molar-refractivity contribution in [1.82, 2.24) is 4.90 Å². The number of nitrogens with zero attached hydrogens (tertiary/aromatic N) is 2. The van der Waals surface area contributed by atoms with E-state index in [1.165, 1.54) is 0 Å². The number of aliphatic imine (C=N–C) groups is 1. The molecule has 1 fully saturated rings. The highest BCUT2D eigenvalue weighted by Gasteiger charge is 2.67. The van der Waals surface area contributed by atoms with Gasteiger partial charge in [-0.15, -0.1) is 0 Å². The van der Waals surface area contributed by atoms with Gasteiger partial charge in [0.15, 0.2) is 5.72 Å². The van der Waals surface area contributed by atoms with Crippen LogP contribution in [0.1, 0.15) is 28.7 Å². The van der Waals surface area contributed by atoms with Crippen molar-refractivity contribution in [1.29, 1.82) is 0 Å². The molecule has 1 N–H and O–H groups in total. The molecule has 2 atom stereocenters. The third kappa shape index (κ3) is 3.12. The molecule has 0 bridgehead atoms. The average Bonchev–Trinajstić information content (AvgIpc) is 3.23. The number of fused-ring (bicyclic) bond motifs is 1. The number of ether oxygens (including phenoxy) is 1. The molecule has 0 saturated carbocycles. The minimum atomic E-state index is -1.52. The normalized spacial score (nSPS) is 24.4. The number of benzene rings is 3. The van der Waals surface area contributed by atoms with Gasteiger partial charge in [0, 0.05) is 18.7 Å². The van der Waals surface area contributed by atoms with Crippen LogP contribution in [0.25, 0.3) is 0 Å². The van der Waals surface area contributed by atoms with Gasteiger partial charge >= 0.3 is 0 Å². The zero-order chi connectivity index (χ0) is 22.3. The number of likely N-dealkylation sites (tertiary alicyclic amines) is 1. The highest BCUT2D eigenvalue weighted by molar-refractivity contribution is 6.09. The van der Waals surface area contributed by atoms with E-state index in [4.69, 9.17) is 9.73 Å². The predicted octanol–water partition coefficient (Wildman–Crippen LogP) is 3.87. The standard InChI is InChI=1S/C27H26N2O3/c1-19-8-12-21(13-9-19)24-16-26(22-6-4-3-5-7-22)25(30)29(18-27(26,31)28-24)17-20-10-14-23(32-2)15-11-20/h3-15,31H,16-18H2,1-2H3/t26-,27+/m1/s1. The van der Waals surface area contributed by atoms with E-state index >= 15 is 0 Å². The number of carbonyl (C=O) groups excluding carboxylic acids is 1. The molecule has 5 rings (SSSR count). The summed E-state index contributed by atoms with van der Waals surface area (Å²) < 4.78 is 5.23. The molecule has 0 aliphatic carbocycles. The molecule has 2 heterocycles. The Morgan fingerprint density at radius 2 is 1.69 bits per heavy atom. The number of aliphatic hydroxyl groups is 1. The van der Waals surface area contributed by atoms with Gasteiger partial charge in [-0.2, -0.15) is 0 Å². The van der Waals surface area contributed by atoms with Crippen LogP contribution in [-0.2, 0) is 16.8 Å². The summed E-state index contributed by atoms with van der Waals surface area (Å²) in [6.07, 6.45) is 0.370. The lowest BCUT2D eigenvalue weighted by atomic mass is 9.71. The Balaban J connectivity index is 1.54. The number of methoxy groups -OCH3 is 1. The molecule has 1 amide bonds. The SMILES string of the molecule is COc1ccc(CN2C[C@@]3(O)N=C(c4ccc(C)cc4)C[C@@]3(c3ccccc3)C2=O)cc1. The highest BCUT2D eigenvalue weighted by atomic mass is 16.5. The predicted molar refractivity (Wildman–Crippen MR) is 124 cm³/mol. The molecule has 0 unspecified atom stereocenters. The van der Waals surface area contributed by atoms with Gasteiger partial charge in [-0.25, -0.2) is 0 Å². The Kier molecular flexibility index (Phi) is 4.86. The molecule has 2 aliphatic heterocycles. The van der Waals surface area contributed by atoms with Crippen molar-refractivity contribution in [2.24, 2.45) is 4.99 Å². The lowest BCUT2D eigenvalue weighted by Crippen LogP contribution is -2.48. The number of amides is 1. The first-order valence-electron chi connectivity index (χ1n) is 10.8. The summed E-state index contributed by atoms with van der Waals surface area (Å²) in [7, 11) is 1.63. The Labute approximate surface area is 188 Å². The van der Waals surface area contributed by atoms with Crippen LogP contribution < -0.4 is 4.74 Å². The summed E-state index contributed by atoms with van der Waals surface area (Å²) >= 11 is 0. The number of aryl methyl sites for hydroxylation is 1. The summed E-state index contributed by atoms with van der Waals surface area (Å²) in [4.78, 5) is 20.5. The maximum absolute atomic E-state index is 13.9. The molecule has 3 aromatic rings. The highest BCUT2D eigenvalue weighted by Crippen LogP contribution is 2.52. The van der Waals surface area contributed by atoms with Gasteiger partial charge in [0.25, 0.3) is 0 Å². The summed E-state index contributed by atoms with van der Waals surface area (Å²) in [6.45, 7) is 2.60. The maximum Gasteiger partial charge on any atom is 0.239 e. The van der Waals surface area contributed by atoms with E-state index in [1.54, 1.807) is 12.0 Å². The third-order valence-electron chi connectivity index (χ3n) is 6.68.